The maximum atomic E-state index is 5.77. The SMILES string of the molecule is CCOC(CCCCCCCCCCCCC[SiH3])(OCC)OCC. The number of unbranched alkanes of at least 4 members (excludes halogenated alkanes) is 10. The van der Waals surface area contributed by atoms with Crippen molar-refractivity contribution in [2.45, 2.75) is 110 Å². The monoisotopic (exact) mass is 360 g/mol. The average molecular weight is 361 g/mol. The second-order valence-corrected chi connectivity index (χ2v) is 7.62. The summed E-state index contributed by atoms with van der Waals surface area (Å²) >= 11 is 0. The van der Waals surface area contributed by atoms with E-state index < -0.39 is 5.97 Å². The van der Waals surface area contributed by atoms with E-state index in [1.54, 1.807) is 0 Å². The topological polar surface area (TPSA) is 27.7 Å². The van der Waals surface area contributed by atoms with E-state index in [9.17, 15) is 0 Å². The van der Waals surface area contributed by atoms with Gasteiger partial charge in [0.15, 0.2) is 0 Å². The van der Waals surface area contributed by atoms with E-state index in [2.05, 4.69) is 0 Å². The van der Waals surface area contributed by atoms with Crippen molar-refractivity contribution in [3.8, 4) is 0 Å². The molecular weight excluding hydrogens is 316 g/mol. The molecule has 4 heteroatoms. The van der Waals surface area contributed by atoms with Crippen LogP contribution in [0.2, 0.25) is 6.04 Å². The normalized spacial score (nSPS) is 12.1. The maximum Gasteiger partial charge on any atom is 0.282 e. The Kier molecular flexibility index (Phi) is 18.0. The molecule has 146 valence electrons. The summed E-state index contributed by atoms with van der Waals surface area (Å²) in [4.78, 5) is 0. The third kappa shape index (κ3) is 13.4. The highest BCUT2D eigenvalue weighted by Gasteiger charge is 2.31. The van der Waals surface area contributed by atoms with Crippen molar-refractivity contribution in [3.63, 3.8) is 0 Å². The number of rotatable bonds is 19. The zero-order valence-corrected chi connectivity index (χ0v) is 19.0. The van der Waals surface area contributed by atoms with Gasteiger partial charge in [-0.05, 0) is 27.2 Å². The zero-order chi connectivity index (χ0) is 17.9. The molecule has 0 aliphatic rings. The van der Waals surface area contributed by atoms with Gasteiger partial charge >= 0.3 is 0 Å². The second-order valence-electron chi connectivity index (χ2n) is 6.62. The van der Waals surface area contributed by atoms with Crippen molar-refractivity contribution in [2.75, 3.05) is 19.8 Å². The minimum atomic E-state index is -0.806. The molecule has 0 spiro atoms. The molecule has 0 aliphatic heterocycles. The molecule has 0 unspecified atom stereocenters. The van der Waals surface area contributed by atoms with Crippen molar-refractivity contribution < 1.29 is 14.2 Å². The Morgan fingerprint density at radius 3 is 1.21 bits per heavy atom. The minimum absolute atomic E-state index is 0.625. The molecule has 3 nitrogen and oxygen atoms in total. The fraction of sp³-hybridized carbons (Fsp3) is 1.00. The predicted octanol–water partition coefficient (Wildman–Crippen LogP) is 5.21. The molecule has 0 saturated carbocycles. The van der Waals surface area contributed by atoms with Crippen LogP contribution in [0.1, 0.15) is 97.8 Å². The van der Waals surface area contributed by atoms with Crippen LogP contribution in [0.25, 0.3) is 0 Å². The summed E-state index contributed by atoms with van der Waals surface area (Å²) in [5.74, 6) is -0.806. The van der Waals surface area contributed by atoms with Crippen molar-refractivity contribution in [1.29, 1.82) is 0 Å². The lowest BCUT2D eigenvalue weighted by Gasteiger charge is -2.32. The summed E-state index contributed by atoms with van der Waals surface area (Å²) in [6, 6.07) is 1.48. The van der Waals surface area contributed by atoms with Crippen molar-refractivity contribution in [1.82, 2.24) is 0 Å². The van der Waals surface area contributed by atoms with E-state index in [4.69, 9.17) is 14.2 Å². The molecule has 0 amide bonds. The lowest BCUT2D eigenvalue weighted by Crippen LogP contribution is -2.39. The molecule has 0 aromatic carbocycles. The Morgan fingerprint density at radius 2 is 0.875 bits per heavy atom. The first-order valence-corrected chi connectivity index (χ1v) is 12.1. The van der Waals surface area contributed by atoms with Crippen molar-refractivity contribution >= 4 is 10.2 Å². The van der Waals surface area contributed by atoms with Crippen molar-refractivity contribution in [3.05, 3.63) is 0 Å². The Morgan fingerprint density at radius 1 is 0.542 bits per heavy atom. The Hall–Kier alpha value is 0.0969. The number of ether oxygens (including phenoxy) is 3. The maximum absolute atomic E-state index is 5.77. The van der Waals surface area contributed by atoms with Gasteiger partial charge in [-0.3, -0.25) is 0 Å². The molecule has 0 atom stereocenters. The zero-order valence-electron chi connectivity index (χ0n) is 17.0. The Bertz CT molecular complexity index is 232. The second kappa shape index (κ2) is 17.9. The summed E-state index contributed by atoms with van der Waals surface area (Å²) in [7, 11) is 1.38. The van der Waals surface area contributed by atoms with Gasteiger partial charge in [-0.1, -0.05) is 70.3 Å². The van der Waals surface area contributed by atoms with Crippen LogP contribution < -0.4 is 0 Å². The molecule has 0 fully saturated rings. The van der Waals surface area contributed by atoms with Crippen LogP contribution in [-0.2, 0) is 14.2 Å². The highest BCUT2D eigenvalue weighted by atomic mass is 28.1. The van der Waals surface area contributed by atoms with Gasteiger partial charge in [0, 0.05) is 36.5 Å². The van der Waals surface area contributed by atoms with Crippen LogP contribution in [-0.4, -0.2) is 36.0 Å². The van der Waals surface area contributed by atoms with E-state index in [1.165, 1.54) is 80.5 Å². The van der Waals surface area contributed by atoms with Crippen LogP contribution >= 0.6 is 0 Å². The van der Waals surface area contributed by atoms with Crippen LogP contribution in [0.4, 0.5) is 0 Å². The van der Waals surface area contributed by atoms with Crippen LogP contribution in [0.5, 0.6) is 0 Å². The first kappa shape index (κ1) is 24.1. The van der Waals surface area contributed by atoms with Gasteiger partial charge in [0.1, 0.15) is 0 Å². The Labute approximate surface area is 154 Å². The van der Waals surface area contributed by atoms with E-state index >= 15 is 0 Å². The molecule has 0 aromatic heterocycles. The third-order valence-electron chi connectivity index (χ3n) is 4.43. The summed E-state index contributed by atoms with van der Waals surface area (Å²) < 4.78 is 17.3. The van der Waals surface area contributed by atoms with E-state index in [0.29, 0.717) is 19.8 Å². The van der Waals surface area contributed by atoms with E-state index in [1.807, 2.05) is 20.8 Å². The summed E-state index contributed by atoms with van der Waals surface area (Å²) in [6.45, 7) is 7.87. The van der Waals surface area contributed by atoms with Crippen LogP contribution in [0, 0.1) is 0 Å². The third-order valence-corrected chi connectivity index (χ3v) is 5.14. The smallest absolute Gasteiger partial charge is 0.282 e. The quantitative estimate of drug-likeness (QED) is 0.180. The first-order valence-electron chi connectivity index (χ1n) is 10.7. The van der Waals surface area contributed by atoms with Gasteiger partial charge < -0.3 is 14.2 Å². The molecular formula is C20H44O3Si. The van der Waals surface area contributed by atoms with Gasteiger partial charge in [0.25, 0.3) is 5.97 Å². The Balaban J connectivity index is 3.60. The molecule has 0 heterocycles. The van der Waals surface area contributed by atoms with Crippen molar-refractivity contribution in [2.24, 2.45) is 0 Å². The van der Waals surface area contributed by atoms with Crippen LogP contribution in [0.3, 0.4) is 0 Å². The molecule has 24 heavy (non-hydrogen) atoms. The minimum Gasteiger partial charge on any atom is -0.328 e. The van der Waals surface area contributed by atoms with Gasteiger partial charge in [-0.15, -0.1) is 0 Å². The summed E-state index contributed by atoms with van der Waals surface area (Å²) in [5.41, 5.74) is 0. The highest BCUT2D eigenvalue weighted by Crippen LogP contribution is 2.24. The molecule has 0 radical (unpaired) electrons. The van der Waals surface area contributed by atoms with Gasteiger partial charge in [0.05, 0.1) is 0 Å². The molecule has 0 saturated heterocycles. The highest BCUT2D eigenvalue weighted by molar-refractivity contribution is 6.08. The standard InChI is InChI=1S/C20H44O3Si/c1-4-21-20(22-5-2,23-6-3)18-16-14-12-10-8-7-9-11-13-15-17-19-24/h4-19H2,1-3,24H3. The van der Waals surface area contributed by atoms with Gasteiger partial charge in [-0.25, -0.2) is 0 Å². The summed E-state index contributed by atoms with van der Waals surface area (Å²) in [5, 5.41) is 0. The molecule has 0 aliphatic carbocycles. The average Bonchev–Trinajstić information content (AvgIpc) is 2.56. The number of hydrogen-bond donors (Lipinski definition) is 0. The lowest BCUT2D eigenvalue weighted by atomic mass is 10.0. The van der Waals surface area contributed by atoms with Crippen LogP contribution in [0.15, 0.2) is 0 Å². The first-order chi connectivity index (χ1) is 11.7. The predicted molar refractivity (Wildman–Crippen MR) is 108 cm³/mol. The van der Waals surface area contributed by atoms with E-state index in [0.717, 1.165) is 12.8 Å². The van der Waals surface area contributed by atoms with Gasteiger partial charge in [-0.2, -0.15) is 0 Å². The molecule has 0 N–H and O–H groups in total. The fourth-order valence-electron chi connectivity index (χ4n) is 3.18. The largest absolute Gasteiger partial charge is 0.328 e. The molecule has 0 aromatic rings. The van der Waals surface area contributed by atoms with Gasteiger partial charge in [0.2, 0.25) is 0 Å². The lowest BCUT2D eigenvalue weighted by molar-refractivity contribution is -0.380. The van der Waals surface area contributed by atoms with E-state index in [-0.39, 0.29) is 0 Å². The molecule has 0 rings (SSSR count). The molecule has 0 bridgehead atoms. The summed E-state index contributed by atoms with van der Waals surface area (Å²) in [6.07, 6.45) is 16.0. The number of hydrogen-bond acceptors (Lipinski definition) is 3. The fourth-order valence-corrected chi connectivity index (χ4v) is 3.68.